The molecule has 0 aromatic rings. The van der Waals surface area contributed by atoms with Crippen LogP contribution in [0.1, 0.15) is 26.7 Å². The molecule has 0 saturated carbocycles. The lowest BCUT2D eigenvalue weighted by atomic mass is 10.2. The molecule has 0 spiro atoms. The fourth-order valence-electron chi connectivity index (χ4n) is 1.07. The zero-order valence-corrected chi connectivity index (χ0v) is 9.06. The molecular weight excluding hydrogens is 148 g/mol. The van der Waals surface area contributed by atoms with E-state index in [1.54, 1.807) is 0 Å². The molecule has 0 unspecified atom stereocenters. The Morgan fingerprint density at radius 3 is 2.33 bits per heavy atom. The standard InChI is InChI=1S/C10H24N2/c1-10(2)9-11-7-5-6-8-12(3)4/h10-11H,5-9H2,1-4H3. The number of nitrogens with one attached hydrogen (secondary N) is 1. The number of rotatable bonds is 7. The smallest absolute Gasteiger partial charge is 0.00244 e. The van der Waals surface area contributed by atoms with Crippen molar-refractivity contribution in [2.45, 2.75) is 26.7 Å². The lowest BCUT2D eigenvalue weighted by molar-refractivity contribution is 0.390. The van der Waals surface area contributed by atoms with Crippen molar-refractivity contribution in [3.8, 4) is 0 Å². The molecule has 0 heterocycles. The van der Waals surface area contributed by atoms with Crippen LogP contribution in [0.4, 0.5) is 0 Å². The molecule has 0 aromatic heterocycles. The third kappa shape index (κ3) is 9.92. The van der Waals surface area contributed by atoms with Crippen LogP contribution in [0, 0.1) is 5.92 Å². The van der Waals surface area contributed by atoms with Crippen molar-refractivity contribution in [3.63, 3.8) is 0 Å². The van der Waals surface area contributed by atoms with Crippen molar-refractivity contribution in [1.82, 2.24) is 10.2 Å². The molecule has 0 saturated heterocycles. The van der Waals surface area contributed by atoms with Gasteiger partial charge in [-0.15, -0.1) is 0 Å². The Kier molecular flexibility index (Phi) is 7.51. The van der Waals surface area contributed by atoms with E-state index in [2.05, 4.69) is 38.2 Å². The van der Waals surface area contributed by atoms with Gasteiger partial charge in [-0.1, -0.05) is 13.8 Å². The average Bonchev–Trinajstić information content (AvgIpc) is 1.95. The van der Waals surface area contributed by atoms with Gasteiger partial charge in [0.15, 0.2) is 0 Å². The van der Waals surface area contributed by atoms with Crippen LogP contribution in [-0.4, -0.2) is 38.6 Å². The number of hydrogen-bond donors (Lipinski definition) is 1. The van der Waals surface area contributed by atoms with Crippen molar-refractivity contribution in [2.24, 2.45) is 5.92 Å². The van der Waals surface area contributed by atoms with Gasteiger partial charge in [-0.25, -0.2) is 0 Å². The van der Waals surface area contributed by atoms with E-state index < -0.39 is 0 Å². The summed E-state index contributed by atoms with van der Waals surface area (Å²) < 4.78 is 0. The molecule has 0 rings (SSSR count). The van der Waals surface area contributed by atoms with E-state index in [9.17, 15) is 0 Å². The quantitative estimate of drug-likeness (QED) is 0.586. The fourth-order valence-corrected chi connectivity index (χ4v) is 1.07. The Hall–Kier alpha value is -0.0800. The first-order valence-electron chi connectivity index (χ1n) is 4.98. The third-order valence-corrected chi connectivity index (χ3v) is 1.76. The minimum absolute atomic E-state index is 0.777. The second kappa shape index (κ2) is 7.56. The normalized spacial score (nSPS) is 11.5. The molecule has 0 radical (unpaired) electrons. The summed E-state index contributed by atoms with van der Waals surface area (Å²) in [7, 11) is 4.25. The molecule has 0 aromatic carbocycles. The van der Waals surface area contributed by atoms with Gasteiger partial charge in [-0.05, 0) is 52.5 Å². The van der Waals surface area contributed by atoms with E-state index >= 15 is 0 Å². The van der Waals surface area contributed by atoms with Gasteiger partial charge in [0, 0.05) is 0 Å². The summed E-state index contributed by atoms with van der Waals surface area (Å²) in [5.41, 5.74) is 0. The summed E-state index contributed by atoms with van der Waals surface area (Å²) in [6.45, 7) is 8.02. The van der Waals surface area contributed by atoms with Crippen LogP contribution in [0.15, 0.2) is 0 Å². The third-order valence-electron chi connectivity index (χ3n) is 1.76. The first-order valence-corrected chi connectivity index (χ1v) is 4.98. The zero-order chi connectivity index (χ0) is 9.40. The predicted octanol–water partition coefficient (Wildman–Crippen LogP) is 1.57. The van der Waals surface area contributed by atoms with E-state index in [0.717, 1.165) is 12.5 Å². The lowest BCUT2D eigenvalue weighted by Gasteiger charge is -2.10. The number of nitrogens with zero attached hydrogens (tertiary/aromatic N) is 1. The van der Waals surface area contributed by atoms with Crippen molar-refractivity contribution < 1.29 is 0 Å². The van der Waals surface area contributed by atoms with Crippen molar-refractivity contribution in [2.75, 3.05) is 33.7 Å². The molecule has 1 N–H and O–H groups in total. The van der Waals surface area contributed by atoms with Crippen LogP contribution in [0.2, 0.25) is 0 Å². The topological polar surface area (TPSA) is 15.3 Å². The maximum absolute atomic E-state index is 3.44. The van der Waals surface area contributed by atoms with E-state index in [0.29, 0.717) is 0 Å². The molecule has 12 heavy (non-hydrogen) atoms. The van der Waals surface area contributed by atoms with Crippen LogP contribution in [-0.2, 0) is 0 Å². The summed E-state index contributed by atoms with van der Waals surface area (Å²) in [5.74, 6) is 0.777. The van der Waals surface area contributed by atoms with Gasteiger partial charge in [-0.3, -0.25) is 0 Å². The van der Waals surface area contributed by atoms with Gasteiger partial charge in [0.25, 0.3) is 0 Å². The van der Waals surface area contributed by atoms with Gasteiger partial charge < -0.3 is 10.2 Å². The van der Waals surface area contributed by atoms with Gasteiger partial charge >= 0.3 is 0 Å². The Balaban J connectivity index is 2.91. The largest absolute Gasteiger partial charge is 0.316 e. The maximum Gasteiger partial charge on any atom is -0.00244 e. The monoisotopic (exact) mass is 172 g/mol. The van der Waals surface area contributed by atoms with Crippen LogP contribution in [0.5, 0.6) is 0 Å². The van der Waals surface area contributed by atoms with Crippen molar-refractivity contribution in [3.05, 3.63) is 0 Å². The Morgan fingerprint density at radius 1 is 1.17 bits per heavy atom. The Bertz CT molecular complexity index is 77.8. The number of unbranched alkanes of at least 4 members (excludes halogenated alkanes) is 1. The highest BCUT2D eigenvalue weighted by atomic mass is 15.0. The van der Waals surface area contributed by atoms with Gasteiger partial charge in [0.2, 0.25) is 0 Å². The average molecular weight is 172 g/mol. The van der Waals surface area contributed by atoms with Crippen molar-refractivity contribution in [1.29, 1.82) is 0 Å². The minimum Gasteiger partial charge on any atom is -0.316 e. The first-order chi connectivity index (χ1) is 5.63. The van der Waals surface area contributed by atoms with E-state index in [1.807, 2.05) is 0 Å². The molecule has 0 bridgehead atoms. The number of hydrogen-bond acceptors (Lipinski definition) is 2. The SMILES string of the molecule is CC(C)CNCCCCN(C)C. The van der Waals surface area contributed by atoms with Gasteiger partial charge in [0.05, 0.1) is 0 Å². The molecule has 0 aliphatic carbocycles. The minimum atomic E-state index is 0.777. The molecule has 2 heteroatoms. The molecule has 0 aliphatic rings. The van der Waals surface area contributed by atoms with Gasteiger partial charge in [0.1, 0.15) is 0 Å². The summed E-state index contributed by atoms with van der Waals surface area (Å²) in [6.07, 6.45) is 2.60. The second-order valence-corrected chi connectivity index (χ2v) is 4.11. The van der Waals surface area contributed by atoms with Crippen LogP contribution >= 0.6 is 0 Å². The summed E-state index contributed by atoms with van der Waals surface area (Å²) in [6, 6.07) is 0. The fraction of sp³-hybridized carbons (Fsp3) is 1.00. The zero-order valence-electron chi connectivity index (χ0n) is 9.06. The van der Waals surface area contributed by atoms with E-state index in [-0.39, 0.29) is 0 Å². The van der Waals surface area contributed by atoms with Gasteiger partial charge in [-0.2, -0.15) is 0 Å². The Morgan fingerprint density at radius 2 is 1.83 bits per heavy atom. The summed E-state index contributed by atoms with van der Waals surface area (Å²) in [5, 5.41) is 3.44. The van der Waals surface area contributed by atoms with Crippen LogP contribution < -0.4 is 5.32 Å². The van der Waals surface area contributed by atoms with Crippen LogP contribution in [0.25, 0.3) is 0 Å². The molecule has 0 fully saturated rings. The van der Waals surface area contributed by atoms with Crippen LogP contribution in [0.3, 0.4) is 0 Å². The molecule has 0 amide bonds. The second-order valence-electron chi connectivity index (χ2n) is 4.11. The van der Waals surface area contributed by atoms with E-state index in [1.165, 1.54) is 25.9 Å². The highest BCUT2D eigenvalue weighted by Gasteiger charge is 1.93. The highest BCUT2D eigenvalue weighted by Crippen LogP contribution is 1.91. The highest BCUT2D eigenvalue weighted by molar-refractivity contribution is 4.52. The summed E-state index contributed by atoms with van der Waals surface area (Å²) in [4.78, 5) is 2.24. The molecule has 74 valence electrons. The van der Waals surface area contributed by atoms with Crippen molar-refractivity contribution >= 4 is 0 Å². The Labute approximate surface area is 77.3 Å². The molecule has 0 aliphatic heterocycles. The molecule has 2 nitrogen and oxygen atoms in total. The van der Waals surface area contributed by atoms with E-state index in [4.69, 9.17) is 0 Å². The maximum atomic E-state index is 3.44. The lowest BCUT2D eigenvalue weighted by Crippen LogP contribution is -2.22. The molecular formula is C10H24N2. The molecule has 0 atom stereocenters. The summed E-state index contributed by atoms with van der Waals surface area (Å²) >= 11 is 0. The first kappa shape index (κ1) is 11.9. The predicted molar refractivity (Wildman–Crippen MR) is 55.5 cm³/mol.